The van der Waals surface area contributed by atoms with Gasteiger partial charge in [0.25, 0.3) is 5.91 Å². The van der Waals surface area contributed by atoms with E-state index >= 15 is 0 Å². The summed E-state index contributed by atoms with van der Waals surface area (Å²) >= 11 is 0. The quantitative estimate of drug-likeness (QED) is 0.769. The number of piperidine rings is 1. The third-order valence-corrected chi connectivity index (χ3v) is 5.05. The van der Waals surface area contributed by atoms with Crippen molar-refractivity contribution in [2.45, 2.75) is 52.1 Å². The molecule has 1 saturated heterocycles. The first-order valence-corrected chi connectivity index (χ1v) is 9.70. The van der Waals surface area contributed by atoms with Gasteiger partial charge in [-0.15, -0.1) is 10.2 Å². The number of aryl methyl sites for hydroxylation is 1. The fraction of sp³-hybridized carbons (Fsp3) is 0.632. The van der Waals surface area contributed by atoms with Crippen molar-refractivity contribution in [1.82, 2.24) is 34.5 Å². The Morgan fingerprint density at radius 2 is 1.81 bits per heavy atom. The lowest BCUT2D eigenvalue weighted by molar-refractivity contribution is 0.0709. The van der Waals surface area contributed by atoms with Crippen LogP contribution in [0.1, 0.15) is 60.4 Å². The fourth-order valence-electron chi connectivity index (χ4n) is 3.57. The van der Waals surface area contributed by atoms with Crippen LogP contribution in [0.2, 0.25) is 0 Å². The Morgan fingerprint density at radius 3 is 2.37 bits per heavy atom. The first-order valence-electron chi connectivity index (χ1n) is 9.70. The molecule has 0 unspecified atom stereocenters. The van der Waals surface area contributed by atoms with E-state index in [-0.39, 0.29) is 5.91 Å². The number of rotatable bonds is 6. The molecule has 8 nitrogen and oxygen atoms in total. The van der Waals surface area contributed by atoms with Crippen molar-refractivity contribution in [3.05, 3.63) is 35.4 Å². The van der Waals surface area contributed by atoms with Crippen molar-refractivity contribution >= 4 is 5.91 Å². The molecule has 0 aliphatic carbocycles. The van der Waals surface area contributed by atoms with Crippen LogP contribution < -0.4 is 0 Å². The molecule has 0 saturated carbocycles. The normalized spacial score (nSPS) is 15.5. The number of amides is 1. The highest BCUT2D eigenvalue weighted by Gasteiger charge is 2.28. The van der Waals surface area contributed by atoms with Crippen LogP contribution in [0.4, 0.5) is 0 Å². The minimum atomic E-state index is 0.0151. The van der Waals surface area contributed by atoms with Crippen molar-refractivity contribution in [1.29, 1.82) is 0 Å². The molecule has 1 aliphatic rings. The number of aromatic nitrogens is 5. The van der Waals surface area contributed by atoms with Gasteiger partial charge in [-0.1, -0.05) is 6.92 Å². The summed E-state index contributed by atoms with van der Waals surface area (Å²) < 4.78 is 2.22. The average molecular weight is 371 g/mol. The summed E-state index contributed by atoms with van der Waals surface area (Å²) in [6, 6.07) is 0. The molecule has 0 bridgehead atoms. The molecule has 1 amide bonds. The lowest BCUT2D eigenvalue weighted by Gasteiger charge is -2.31. The van der Waals surface area contributed by atoms with E-state index in [0.717, 1.165) is 62.9 Å². The Balaban J connectivity index is 1.64. The molecular weight excluding hydrogens is 342 g/mol. The van der Waals surface area contributed by atoms with Gasteiger partial charge in [0, 0.05) is 44.4 Å². The van der Waals surface area contributed by atoms with Gasteiger partial charge in [0.15, 0.2) is 0 Å². The Bertz CT molecular complexity index is 761. The Kier molecular flexibility index (Phi) is 6.15. The highest BCUT2D eigenvalue weighted by molar-refractivity contribution is 5.93. The van der Waals surface area contributed by atoms with E-state index in [2.05, 4.69) is 36.6 Å². The van der Waals surface area contributed by atoms with Gasteiger partial charge in [-0.2, -0.15) is 0 Å². The van der Waals surface area contributed by atoms with Gasteiger partial charge in [-0.3, -0.25) is 4.79 Å². The highest BCUT2D eigenvalue weighted by Crippen LogP contribution is 2.28. The molecule has 0 radical (unpaired) electrons. The van der Waals surface area contributed by atoms with Crippen molar-refractivity contribution in [2.24, 2.45) is 0 Å². The molecular formula is C19H29N7O. The second-order valence-electron chi connectivity index (χ2n) is 7.26. The second-order valence-corrected chi connectivity index (χ2v) is 7.26. The van der Waals surface area contributed by atoms with Crippen molar-refractivity contribution in [3.63, 3.8) is 0 Å². The maximum absolute atomic E-state index is 12.7. The first kappa shape index (κ1) is 19.4. The summed E-state index contributed by atoms with van der Waals surface area (Å²) in [6.45, 7) is 7.22. The van der Waals surface area contributed by atoms with Crippen molar-refractivity contribution < 1.29 is 4.79 Å². The van der Waals surface area contributed by atoms with Gasteiger partial charge in [0.05, 0.1) is 12.1 Å². The molecule has 2 aromatic heterocycles. The molecule has 3 rings (SSSR count). The standard InChI is InChI=1S/C19H29N7O/c1-5-16-20-11-15(12-21-16)19(27)25-9-7-14(8-10-25)18-23-22-17(13-24(3)4)26(18)6-2/h11-12,14H,5-10,13H2,1-4H3. The molecule has 8 heteroatoms. The van der Waals surface area contributed by atoms with E-state index in [4.69, 9.17) is 0 Å². The Labute approximate surface area is 160 Å². The number of hydrogen-bond acceptors (Lipinski definition) is 6. The number of likely N-dealkylation sites (tertiary alicyclic amines) is 1. The summed E-state index contributed by atoms with van der Waals surface area (Å²) in [5.41, 5.74) is 0.565. The third kappa shape index (κ3) is 4.32. The molecule has 27 heavy (non-hydrogen) atoms. The van der Waals surface area contributed by atoms with E-state index in [1.54, 1.807) is 12.4 Å². The zero-order chi connectivity index (χ0) is 19.4. The lowest BCUT2D eigenvalue weighted by atomic mass is 9.95. The van der Waals surface area contributed by atoms with Crippen LogP contribution in [0, 0.1) is 0 Å². The van der Waals surface area contributed by atoms with Gasteiger partial charge in [-0.25, -0.2) is 9.97 Å². The SMILES string of the molecule is CCc1ncc(C(=O)N2CCC(c3nnc(CN(C)C)n3CC)CC2)cn1. The van der Waals surface area contributed by atoms with Gasteiger partial charge >= 0.3 is 0 Å². The zero-order valence-electron chi connectivity index (χ0n) is 16.7. The monoisotopic (exact) mass is 371 g/mol. The van der Waals surface area contributed by atoms with E-state index < -0.39 is 0 Å². The topological polar surface area (TPSA) is 80.0 Å². The predicted octanol–water partition coefficient (Wildman–Crippen LogP) is 1.73. The molecule has 2 aromatic rings. The Hall–Kier alpha value is -2.35. The van der Waals surface area contributed by atoms with Crippen LogP contribution in [0.3, 0.4) is 0 Å². The summed E-state index contributed by atoms with van der Waals surface area (Å²) in [7, 11) is 4.07. The average Bonchev–Trinajstić information content (AvgIpc) is 3.09. The van der Waals surface area contributed by atoms with E-state index in [1.807, 2.05) is 25.9 Å². The first-order chi connectivity index (χ1) is 13.0. The zero-order valence-corrected chi connectivity index (χ0v) is 16.7. The van der Waals surface area contributed by atoms with Gasteiger partial charge in [0.1, 0.15) is 17.5 Å². The van der Waals surface area contributed by atoms with E-state index in [1.165, 1.54) is 0 Å². The van der Waals surface area contributed by atoms with Gasteiger partial charge < -0.3 is 14.4 Å². The maximum Gasteiger partial charge on any atom is 0.256 e. The van der Waals surface area contributed by atoms with Crippen molar-refractivity contribution in [3.8, 4) is 0 Å². The van der Waals surface area contributed by atoms with Crippen molar-refractivity contribution in [2.75, 3.05) is 27.2 Å². The smallest absolute Gasteiger partial charge is 0.256 e. The Morgan fingerprint density at radius 1 is 1.15 bits per heavy atom. The molecule has 0 spiro atoms. The maximum atomic E-state index is 12.7. The number of carbonyl (C=O) groups is 1. The highest BCUT2D eigenvalue weighted by atomic mass is 16.2. The molecule has 3 heterocycles. The fourth-order valence-corrected chi connectivity index (χ4v) is 3.57. The molecule has 0 atom stereocenters. The predicted molar refractivity (Wildman–Crippen MR) is 102 cm³/mol. The van der Waals surface area contributed by atoms with E-state index in [9.17, 15) is 4.79 Å². The summed E-state index contributed by atoms with van der Waals surface area (Å²) in [6.07, 6.45) is 5.86. The summed E-state index contributed by atoms with van der Waals surface area (Å²) in [4.78, 5) is 25.2. The largest absolute Gasteiger partial charge is 0.339 e. The lowest BCUT2D eigenvalue weighted by Crippen LogP contribution is -2.38. The minimum Gasteiger partial charge on any atom is -0.339 e. The van der Waals surface area contributed by atoms with Gasteiger partial charge in [-0.05, 0) is 33.9 Å². The minimum absolute atomic E-state index is 0.0151. The molecule has 1 aliphatic heterocycles. The van der Waals surface area contributed by atoms with Crippen LogP contribution in [-0.2, 0) is 19.5 Å². The van der Waals surface area contributed by atoms with Crippen LogP contribution >= 0.6 is 0 Å². The second kappa shape index (κ2) is 8.56. The summed E-state index contributed by atoms with van der Waals surface area (Å²) in [5, 5.41) is 8.87. The van der Waals surface area contributed by atoms with Crippen LogP contribution in [0.25, 0.3) is 0 Å². The van der Waals surface area contributed by atoms with Crippen LogP contribution in [-0.4, -0.2) is 67.6 Å². The summed E-state index contributed by atoms with van der Waals surface area (Å²) in [5.74, 6) is 3.18. The number of hydrogen-bond donors (Lipinski definition) is 0. The van der Waals surface area contributed by atoms with Gasteiger partial charge in [0.2, 0.25) is 0 Å². The number of carbonyl (C=O) groups excluding carboxylic acids is 1. The molecule has 1 fully saturated rings. The number of nitrogens with zero attached hydrogens (tertiary/aromatic N) is 7. The molecule has 0 N–H and O–H groups in total. The molecule has 146 valence electrons. The van der Waals surface area contributed by atoms with E-state index in [0.29, 0.717) is 11.5 Å². The van der Waals surface area contributed by atoms with Crippen LogP contribution in [0.5, 0.6) is 0 Å². The van der Waals surface area contributed by atoms with Crippen LogP contribution in [0.15, 0.2) is 12.4 Å². The molecule has 0 aromatic carbocycles. The third-order valence-electron chi connectivity index (χ3n) is 5.05.